The maximum absolute atomic E-state index is 11.7. The molecule has 0 radical (unpaired) electrons. The van der Waals surface area contributed by atoms with E-state index in [4.69, 9.17) is 14.2 Å². The number of carbonyl (C=O) groups excluding carboxylic acids is 1. The predicted octanol–water partition coefficient (Wildman–Crippen LogP) is 4.08. The average Bonchev–Trinajstić information content (AvgIpc) is 2.72. The second-order valence-electron chi connectivity index (χ2n) is 5.87. The molecule has 0 bridgehead atoms. The zero-order chi connectivity index (χ0) is 19.8. The van der Waals surface area contributed by atoms with Gasteiger partial charge in [0.25, 0.3) is 6.47 Å². The summed E-state index contributed by atoms with van der Waals surface area (Å²) in [6.07, 6.45) is 0. The van der Waals surface area contributed by atoms with Gasteiger partial charge in [-0.1, -0.05) is 60.7 Å². The van der Waals surface area contributed by atoms with E-state index in [1.807, 2.05) is 60.7 Å². The molecule has 0 aromatic heterocycles. The summed E-state index contributed by atoms with van der Waals surface area (Å²) in [5.41, 5.74) is 1.61. The minimum Gasteiger partial charge on any atom is -0.489 e. The van der Waals surface area contributed by atoms with E-state index >= 15 is 0 Å². The number of ether oxygens (including phenoxy) is 3. The highest BCUT2D eigenvalue weighted by Gasteiger charge is 2.20. The molecule has 6 nitrogen and oxygen atoms in total. The van der Waals surface area contributed by atoms with Crippen LogP contribution in [0.1, 0.15) is 21.5 Å². The van der Waals surface area contributed by atoms with Crippen LogP contribution in [0, 0.1) is 0 Å². The summed E-state index contributed by atoms with van der Waals surface area (Å²) >= 11 is 0. The third kappa shape index (κ3) is 4.88. The fourth-order valence-electron chi connectivity index (χ4n) is 2.58. The van der Waals surface area contributed by atoms with Crippen LogP contribution in [0.2, 0.25) is 0 Å². The number of rotatable bonds is 9. The van der Waals surface area contributed by atoms with Crippen molar-refractivity contribution in [1.82, 2.24) is 0 Å². The SMILES string of the molecule is O=COc1cc(OCc2ccccc2)cc(C(=O)O)c1OCc1ccccc1. The van der Waals surface area contributed by atoms with Crippen molar-refractivity contribution in [3.05, 3.63) is 89.5 Å². The highest BCUT2D eigenvalue weighted by atomic mass is 16.5. The lowest BCUT2D eigenvalue weighted by Gasteiger charge is -2.15. The Balaban J connectivity index is 1.87. The van der Waals surface area contributed by atoms with Crippen LogP contribution in [0.15, 0.2) is 72.8 Å². The van der Waals surface area contributed by atoms with E-state index in [0.29, 0.717) is 0 Å². The van der Waals surface area contributed by atoms with Gasteiger partial charge >= 0.3 is 5.97 Å². The van der Waals surface area contributed by atoms with Gasteiger partial charge in [0, 0.05) is 6.07 Å². The molecule has 0 aliphatic carbocycles. The van der Waals surface area contributed by atoms with E-state index in [2.05, 4.69) is 0 Å². The van der Waals surface area contributed by atoms with Gasteiger partial charge in [-0.3, -0.25) is 4.79 Å². The molecule has 0 spiro atoms. The number of hydrogen-bond donors (Lipinski definition) is 1. The fraction of sp³-hybridized carbons (Fsp3) is 0.0909. The van der Waals surface area contributed by atoms with Crippen LogP contribution in [0.5, 0.6) is 17.2 Å². The van der Waals surface area contributed by atoms with Crippen molar-refractivity contribution in [1.29, 1.82) is 0 Å². The van der Waals surface area contributed by atoms with Crippen LogP contribution in [-0.4, -0.2) is 17.5 Å². The number of carboxylic acids is 1. The Morgan fingerprint density at radius 2 is 1.43 bits per heavy atom. The first kappa shape index (κ1) is 19.0. The first-order chi connectivity index (χ1) is 13.7. The molecule has 0 fully saturated rings. The van der Waals surface area contributed by atoms with Gasteiger partial charge in [0.1, 0.15) is 24.5 Å². The van der Waals surface area contributed by atoms with Gasteiger partial charge in [-0.25, -0.2) is 4.79 Å². The molecule has 28 heavy (non-hydrogen) atoms. The minimum absolute atomic E-state index is 0.0195. The maximum Gasteiger partial charge on any atom is 0.339 e. The van der Waals surface area contributed by atoms with Crippen molar-refractivity contribution < 1.29 is 28.9 Å². The molecular formula is C22H18O6. The normalized spacial score (nSPS) is 10.1. The predicted molar refractivity (Wildman–Crippen MR) is 102 cm³/mol. The summed E-state index contributed by atoms with van der Waals surface area (Å²) in [4.78, 5) is 22.6. The van der Waals surface area contributed by atoms with Crippen molar-refractivity contribution >= 4 is 12.4 Å². The first-order valence-corrected chi connectivity index (χ1v) is 8.52. The molecular weight excluding hydrogens is 360 g/mol. The van der Waals surface area contributed by atoms with E-state index < -0.39 is 5.97 Å². The minimum atomic E-state index is -1.22. The van der Waals surface area contributed by atoms with Crippen LogP contribution in [0.3, 0.4) is 0 Å². The lowest BCUT2D eigenvalue weighted by Crippen LogP contribution is -2.07. The lowest BCUT2D eigenvalue weighted by molar-refractivity contribution is -0.120. The Kier molecular flexibility index (Phi) is 6.25. The Bertz CT molecular complexity index is 938. The second kappa shape index (κ2) is 9.23. The van der Waals surface area contributed by atoms with Crippen LogP contribution in [0.4, 0.5) is 0 Å². The Hall–Kier alpha value is -3.80. The van der Waals surface area contributed by atoms with Gasteiger partial charge in [-0.15, -0.1) is 0 Å². The molecule has 3 aromatic carbocycles. The summed E-state index contributed by atoms with van der Waals surface area (Å²) in [7, 11) is 0. The highest BCUT2D eigenvalue weighted by molar-refractivity contribution is 5.93. The zero-order valence-corrected chi connectivity index (χ0v) is 14.9. The summed E-state index contributed by atoms with van der Waals surface area (Å²) in [5.74, 6) is -1.02. The molecule has 0 saturated carbocycles. The molecule has 0 aliphatic heterocycles. The van der Waals surface area contributed by atoms with Crippen molar-refractivity contribution in [2.75, 3.05) is 0 Å². The number of hydrogen-bond acceptors (Lipinski definition) is 5. The fourth-order valence-corrected chi connectivity index (χ4v) is 2.58. The van der Waals surface area contributed by atoms with E-state index in [-0.39, 0.29) is 42.5 Å². The molecule has 0 heterocycles. The molecule has 1 N–H and O–H groups in total. The van der Waals surface area contributed by atoms with Crippen molar-refractivity contribution in [3.8, 4) is 17.2 Å². The van der Waals surface area contributed by atoms with E-state index in [0.717, 1.165) is 11.1 Å². The van der Waals surface area contributed by atoms with Crippen LogP contribution >= 0.6 is 0 Å². The molecule has 3 aromatic rings. The zero-order valence-electron chi connectivity index (χ0n) is 14.9. The standard InChI is InChI=1S/C22H18O6/c23-15-28-20-12-18(26-13-16-7-3-1-4-8-16)11-19(22(24)25)21(20)27-14-17-9-5-2-6-10-17/h1-12,15H,13-14H2,(H,24,25). The molecule has 0 saturated heterocycles. The number of benzene rings is 3. The van der Waals surface area contributed by atoms with Gasteiger partial charge in [-0.05, 0) is 17.2 Å². The molecule has 0 atom stereocenters. The van der Waals surface area contributed by atoms with Gasteiger partial charge in [0.15, 0.2) is 11.5 Å². The second-order valence-corrected chi connectivity index (χ2v) is 5.87. The molecule has 0 unspecified atom stereocenters. The molecule has 0 aliphatic rings. The van der Waals surface area contributed by atoms with Crippen molar-refractivity contribution in [2.24, 2.45) is 0 Å². The van der Waals surface area contributed by atoms with E-state index in [9.17, 15) is 14.7 Å². The number of carbonyl (C=O) groups is 2. The Morgan fingerprint density at radius 3 is 1.96 bits per heavy atom. The van der Waals surface area contributed by atoms with Crippen molar-refractivity contribution in [3.63, 3.8) is 0 Å². The maximum atomic E-state index is 11.7. The summed E-state index contributed by atoms with van der Waals surface area (Å²) < 4.78 is 16.3. The summed E-state index contributed by atoms with van der Waals surface area (Å²) in [6, 6.07) is 21.5. The third-order valence-electron chi connectivity index (χ3n) is 3.91. The van der Waals surface area contributed by atoms with Crippen LogP contribution in [0.25, 0.3) is 0 Å². The molecule has 142 valence electrons. The van der Waals surface area contributed by atoms with E-state index in [1.165, 1.54) is 12.1 Å². The summed E-state index contributed by atoms with van der Waals surface area (Å²) in [5, 5.41) is 9.59. The van der Waals surface area contributed by atoms with E-state index in [1.54, 1.807) is 0 Å². The van der Waals surface area contributed by atoms with Gasteiger partial charge in [-0.2, -0.15) is 0 Å². The summed E-state index contributed by atoms with van der Waals surface area (Å²) in [6.45, 7) is 0.586. The topological polar surface area (TPSA) is 82.1 Å². The van der Waals surface area contributed by atoms with Gasteiger partial charge in [0.2, 0.25) is 0 Å². The molecule has 0 amide bonds. The highest BCUT2D eigenvalue weighted by Crippen LogP contribution is 2.36. The first-order valence-electron chi connectivity index (χ1n) is 8.52. The molecule has 6 heteroatoms. The van der Waals surface area contributed by atoms with Gasteiger partial charge in [0.05, 0.1) is 0 Å². The third-order valence-corrected chi connectivity index (χ3v) is 3.91. The monoisotopic (exact) mass is 378 g/mol. The number of carboxylic acid groups (broad SMARTS) is 1. The molecule has 3 rings (SSSR count). The largest absolute Gasteiger partial charge is 0.489 e. The van der Waals surface area contributed by atoms with Crippen molar-refractivity contribution in [2.45, 2.75) is 13.2 Å². The van der Waals surface area contributed by atoms with Crippen LogP contribution < -0.4 is 14.2 Å². The van der Waals surface area contributed by atoms with Gasteiger partial charge < -0.3 is 19.3 Å². The Morgan fingerprint density at radius 1 is 0.857 bits per heavy atom. The van der Waals surface area contributed by atoms with Crippen LogP contribution in [-0.2, 0) is 18.0 Å². The average molecular weight is 378 g/mol. The quantitative estimate of drug-likeness (QED) is 0.565. The lowest BCUT2D eigenvalue weighted by atomic mass is 10.1. The number of aromatic carboxylic acids is 1. The smallest absolute Gasteiger partial charge is 0.339 e. The Labute approximate surface area is 161 Å².